The van der Waals surface area contributed by atoms with Gasteiger partial charge in [0.25, 0.3) is 5.91 Å². The molecule has 0 aromatic heterocycles. The molecule has 2 N–H and O–H groups in total. The van der Waals surface area contributed by atoms with Gasteiger partial charge in [0.2, 0.25) is 0 Å². The Morgan fingerprint density at radius 1 is 1.38 bits per heavy atom. The summed E-state index contributed by atoms with van der Waals surface area (Å²) in [5, 5.41) is 0. The Balaban J connectivity index is 2.40. The first-order valence-electron chi connectivity index (χ1n) is 5.43. The minimum absolute atomic E-state index is 0.0307. The van der Waals surface area contributed by atoms with Gasteiger partial charge in [0.05, 0.1) is 0 Å². The highest BCUT2D eigenvalue weighted by molar-refractivity contribution is 5.77. The van der Waals surface area contributed by atoms with Crippen molar-refractivity contribution in [2.75, 3.05) is 26.2 Å². The van der Waals surface area contributed by atoms with Crippen LogP contribution in [0.3, 0.4) is 0 Å². The summed E-state index contributed by atoms with van der Waals surface area (Å²) in [7, 11) is 0. The Morgan fingerprint density at radius 2 is 2.06 bits per heavy atom. The summed E-state index contributed by atoms with van der Waals surface area (Å²) >= 11 is 0. The van der Waals surface area contributed by atoms with Crippen molar-refractivity contribution in [3.8, 4) is 5.75 Å². The van der Waals surface area contributed by atoms with E-state index in [0.717, 1.165) is 0 Å². The second-order valence-corrected chi connectivity index (χ2v) is 3.36. The SMILES string of the molecule is CCN(CCN)C(=O)COc1ccccc1. The number of nitrogens with zero attached hydrogens (tertiary/aromatic N) is 1. The summed E-state index contributed by atoms with van der Waals surface area (Å²) in [6, 6.07) is 9.30. The molecule has 0 fully saturated rings. The number of rotatable bonds is 6. The van der Waals surface area contributed by atoms with E-state index in [4.69, 9.17) is 10.5 Å². The fraction of sp³-hybridized carbons (Fsp3) is 0.417. The van der Waals surface area contributed by atoms with Gasteiger partial charge in [0, 0.05) is 19.6 Å². The zero-order chi connectivity index (χ0) is 11.8. The molecule has 0 heterocycles. The number of para-hydroxylation sites is 1. The van der Waals surface area contributed by atoms with Gasteiger partial charge in [0.1, 0.15) is 5.75 Å². The van der Waals surface area contributed by atoms with E-state index in [2.05, 4.69) is 0 Å². The number of ether oxygens (including phenoxy) is 1. The lowest BCUT2D eigenvalue weighted by Crippen LogP contribution is -2.38. The van der Waals surface area contributed by atoms with E-state index in [1.165, 1.54) is 0 Å². The van der Waals surface area contributed by atoms with Crippen LogP contribution in [0.5, 0.6) is 5.75 Å². The Bertz CT molecular complexity index is 314. The Hall–Kier alpha value is -1.55. The molecule has 0 spiro atoms. The highest BCUT2D eigenvalue weighted by Crippen LogP contribution is 2.08. The lowest BCUT2D eigenvalue weighted by atomic mass is 10.3. The van der Waals surface area contributed by atoms with Gasteiger partial charge in [-0.3, -0.25) is 4.79 Å². The van der Waals surface area contributed by atoms with Crippen LogP contribution >= 0.6 is 0 Å². The minimum Gasteiger partial charge on any atom is -0.484 e. The van der Waals surface area contributed by atoms with E-state index in [-0.39, 0.29) is 12.5 Å². The molecule has 0 saturated carbocycles. The monoisotopic (exact) mass is 222 g/mol. The summed E-state index contributed by atoms with van der Waals surface area (Å²) in [6.45, 7) is 3.71. The average Bonchev–Trinajstić information content (AvgIpc) is 2.34. The van der Waals surface area contributed by atoms with E-state index >= 15 is 0 Å². The highest BCUT2D eigenvalue weighted by Gasteiger charge is 2.10. The molecule has 16 heavy (non-hydrogen) atoms. The first-order chi connectivity index (χ1) is 7.77. The van der Waals surface area contributed by atoms with E-state index < -0.39 is 0 Å². The third kappa shape index (κ3) is 3.90. The topological polar surface area (TPSA) is 55.6 Å². The Morgan fingerprint density at radius 3 is 2.62 bits per heavy atom. The van der Waals surface area contributed by atoms with Crippen molar-refractivity contribution in [2.24, 2.45) is 5.73 Å². The van der Waals surface area contributed by atoms with Gasteiger partial charge in [-0.15, -0.1) is 0 Å². The molecular weight excluding hydrogens is 204 g/mol. The predicted octanol–water partition coefficient (Wildman–Crippen LogP) is 0.873. The molecule has 1 aromatic rings. The van der Waals surface area contributed by atoms with Crippen molar-refractivity contribution in [3.63, 3.8) is 0 Å². The highest BCUT2D eigenvalue weighted by atomic mass is 16.5. The second kappa shape index (κ2) is 6.85. The second-order valence-electron chi connectivity index (χ2n) is 3.36. The minimum atomic E-state index is -0.0307. The molecule has 0 radical (unpaired) electrons. The number of amides is 1. The summed E-state index contributed by atoms with van der Waals surface area (Å²) < 4.78 is 5.36. The molecule has 4 nitrogen and oxygen atoms in total. The van der Waals surface area contributed by atoms with Gasteiger partial charge in [0.15, 0.2) is 6.61 Å². The van der Waals surface area contributed by atoms with Crippen LogP contribution in [0.15, 0.2) is 30.3 Å². The van der Waals surface area contributed by atoms with Crippen molar-refractivity contribution < 1.29 is 9.53 Å². The van der Waals surface area contributed by atoms with E-state index in [1.54, 1.807) is 4.90 Å². The third-order valence-corrected chi connectivity index (χ3v) is 2.24. The molecular formula is C12H18N2O2. The number of hydrogen-bond donors (Lipinski definition) is 1. The molecule has 4 heteroatoms. The maximum Gasteiger partial charge on any atom is 0.260 e. The van der Waals surface area contributed by atoms with E-state index in [1.807, 2.05) is 37.3 Å². The van der Waals surface area contributed by atoms with Crippen LogP contribution in [0.4, 0.5) is 0 Å². The number of carbonyl (C=O) groups excluding carboxylic acids is 1. The number of likely N-dealkylation sites (N-methyl/N-ethyl adjacent to an activating group) is 1. The molecule has 1 amide bonds. The van der Waals surface area contributed by atoms with Gasteiger partial charge in [-0.2, -0.15) is 0 Å². The molecule has 0 aliphatic carbocycles. The number of benzene rings is 1. The first-order valence-corrected chi connectivity index (χ1v) is 5.43. The van der Waals surface area contributed by atoms with Crippen LogP contribution in [-0.4, -0.2) is 37.0 Å². The van der Waals surface area contributed by atoms with Crippen LogP contribution in [0.2, 0.25) is 0 Å². The zero-order valence-corrected chi connectivity index (χ0v) is 9.56. The lowest BCUT2D eigenvalue weighted by molar-refractivity contribution is -0.133. The van der Waals surface area contributed by atoms with Gasteiger partial charge in [-0.1, -0.05) is 18.2 Å². The van der Waals surface area contributed by atoms with Crippen molar-refractivity contribution >= 4 is 5.91 Å². The summed E-state index contributed by atoms with van der Waals surface area (Å²) in [5.74, 6) is 0.677. The molecule has 0 atom stereocenters. The number of carbonyl (C=O) groups is 1. The average molecular weight is 222 g/mol. The summed E-state index contributed by atoms with van der Waals surface area (Å²) in [4.78, 5) is 13.4. The predicted molar refractivity (Wildman–Crippen MR) is 63.2 cm³/mol. The molecule has 88 valence electrons. The molecule has 1 aromatic carbocycles. The molecule has 0 unspecified atom stereocenters. The van der Waals surface area contributed by atoms with Gasteiger partial charge in [-0.25, -0.2) is 0 Å². The summed E-state index contributed by atoms with van der Waals surface area (Å²) in [6.07, 6.45) is 0. The molecule has 0 saturated heterocycles. The number of nitrogens with two attached hydrogens (primary N) is 1. The smallest absolute Gasteiger partial charge is 0.260 e. The largest absolute Gasteiger partial charge is 0.484 e. The zero-order valence-electron chi connectivity index (χ0n) is 9.56. The van der Waals surface area contributed by atoms with Crippen LogP contribution in [0.25, 0.3) is 0 Å². The van der Waals surface area contributed by atoms with Gasteiger partial charge >= 0.3 is 0 Å². The van der Waals surface area contributed by atoms with Crippen molar-refractivity contribution in [3.05, 3.63) is 30.3 Å². The molecule has 1 rings (SSSR count). The quantitative estimate of drug-likeness (QED) is 0.777. The molecule has 0 aliphatic heterocycles. The van der Waals surface area contributed by atoms with E-state index in [0.29, 0.717) is 25.4 Å². The van der Waals surface area contributed by atoms with Crippen LogP contribution in [0.1, 0.15) is 6.92 Å². The Kier molecular flexibility index (Phi) is 5.36. The molecule has 0 aliphatic rings. The standard InChI is InChI=1S/C12H18N2O2/c1-2-14(9-8-13)12(15)10-16-11-6-4-3-5-7-11/h3-7H,2,8-10,13H2,1H3. The lowest BCUT2D eigenvalue weighted by Gasteiger charge is -2.19. The van der Waals surface area contributed by atoms with Crippen molar-refractivity contribution in [1.29, 1.82) is 0 Å². The molecule has 0 bridgehead atoms. The normalized spacial score (nSPS) is 9.88. The van der Waals surface area contributed by atoms with Crippen LogP contribution in [-0.2, 0) is 4.79 Å². The fourth-order valence-electron chi connectivity index (χ4n) is 1.37. The Labute approximate surface area is 96.0 Å². The van der Waals surface area contributed by atoms with Crippen molar-refractivity contribution in [1.82, 2.24) is 4.90 Å². The van der Waals surface area contributed by atoms with E-state index in [9.17, 15) is 4.79 Å². The van der Waals surface area contributed by atoms with Gasteiger partial charge in [-0.05, 0) is 19.1 Å². The summed E-state index contributed by atoms with van der Waals surface area (Å²) in [5.41, 5.74) is 5.42. The fourth-order valence-corrected chi connectivity index (χ4v) is 1.37. The van der Waals surface area contributed by atoms with Crippen LogP contribution in [0, 0.1) is 0 Å². The number of hydrogen-bond acceptors (Lipinski definition) is 3. The maximum atomic E-state index is 11.7. The third-order valence-electron chi connectivity index (χ3n) is 2.24. The first kappa shape index (κ1) is 12.5. The maximum absolute atomic E-state index is 11.7. The van der Waals surface area contributed by atoms with Gasteiger partial charge < -0.3 is 15.4 Å². The van der Waals surface area contributed by atoms with Crippen LogP contribution < -0.4 is 10.5 Å². The van der Waals surface area contributed by atoms with Crippen molar-refractivity contribution in [2.45, 2.75) is 6.92 Å².